The fourth-order valence-electron chi connectivity index (χ4n) is 1.79. The number of primary amides is 1. The average molecular weight is 304 g/mol. The molecule has 0 aromatic carbocycles. The highest BCUT2D eigenvalue weighted by atomic mass is 16.5. The number of aryl methyl sites for hydroxylation is 1. The Labute approximate surface area is 126 Å². The van der Waals surface area contributed by atoms with Crippen molar-refractivity contribution in [1.29, 1.82) is 0 Å². The predicted molar refractivity (Wildman–Crippen MR) is 75.0 cm³/mol. The predicted octanol–water partition coefficient (Wildman–Crippen LogP) is 0.278. The number of carbonyl (C=O) groups excluding carboxylic acids is 2. The number of nitrogens with one attached hydrogen (secondary N) is 1. The smallest absolute Gasteiger partial charge is 0.249 e. The van der Waals surface area contributed by atoms with Gasteiger partial charge in [-0.05, 0) is 25.5 Å². The third-order valence-electron chi connectivity index (χ3n) is 2.82. The normalized spacial score (nSPS) is 11.9. The van der Waals surface area contributed by atoms with Gasteiger partial charge < -0.3 is 15.6 Å². The fraction of sp³-hybridized carbons (Fsp3) is 0.385. The molecule has 0 saturated heterocycles. The number of hydrogen-bond acceptors (Lipinski definition) is 7. The van der Waals surface area contributed by atoms with Crippen LogP contribution in [0, 0.1) is 6.92 Å². The molecule has 2 rings (SSSR count). The Morgan fingerprint density at radius 2 is 2.14 bits per heavy atom. The van der Waals surface area contributed by atoms with Crippen molar-refractivity contribution < 1.29 is 14.1 Å². The molecule has 0 unspecified atom stereocenters. The summed E-state index contributed by atoms with van der Waals surface area (Å²) in [5.41, 5.74) is 6.35. The molecule has 3 N–H and O–H groups in total. The Hall–Kier alpha value is -2.84. The molecule has 9 nitrogen and oxygen atoms in total. The molecule has 116 valence electrons. The minimum Gasteiger partial charge on any atom is -0.370 e. The summed E-state index contributed by atoms with van der Waals surface area (Å²) in [5, 5.41) is 14.3. The zero-order valence-electron chi connectivity index (χ0n) is 12.2. The molecular formula is C13H16N6O3. The first-order valence-electron chi connectivity index (χ1n) is 6.65. The van der Waals surface area contributed by atoms with Crippen molar-refractivity contribution in [2.24, 2.45) is 5.73 Å². The molecule has 0 bridgehead atoms. The topological polar surface area (TPSA) is 137 Å². The second-order valence-corrected chi connectivity index (χ2v) is 4.77. The molecule has 0 spiro atoms. The quantitative estimate of drug-likeness (QED) is 0.781. The standard InChI is InChI=1S/C13H16N6O3/c1-7-3-4-9(18-17-7)12-16-13(22-19-12)10(15-8(2)20)5-6-11(14)21/h3-4,10H,5-6H2,1-2H3,(H2,14,21)(H,15,20)/t10-/m0/s1. The Bertz CT molecular complexity index is 667. The van der Waals surface area contributed by atoms with Gasteiger partial charge in [-0.15, -0.1) is 5.10 Å². The van der Waals surface area contributed by atoms with Crippen LogP contribution in [0.1, 0.15) is 37.4 Å². The van der Waals surface area contributed by atoms with Gasteiger partial charge in [0.15, 0.2) is 0 Å². The van der Waals surface area contributed by atoms with Crippen LogP contribution >= 0.6 is 0 Å². The van der Waals surface area contributed by atoms with Gasteiger partial charge in [-0.3, -0.25) is 9.59 Å². The first-order valence-corrected chi connectivity index (χ1v) is 6.65. The van der Waals surface area contributed by atoms with Crippen molar-refractivity contribution in [1.82, 2.24) is 25.7 Å². The van der Waals surface area contributed by atoms with Gasteiger partial charge >= 0.3 is 0 Å². The number of hydrogen-bond donors (Lipinski definition) is 2. The summed E-state index contributed by atoms with van der Waals surface area (Å²) < 4.78 is 5.15. The summed E-state index contributed by atoms with van der Waals surface area (Å²) in [6.07, 6.45) is 0.364. The maximum Gasteiger partial charge on any atom is 0.249 e. The van der Waals surface area contributed by atoms with Crippen LogP contribution in [0.4, 0.5) is 0 Å². The van der Waals surface area contributed by atoms with E-state index in [9.17, 15) is 9.59 Å². The van der Waals surface area contributed by atoms with E-state index >= 15 is 0 Å². The lowest BCUT2D eigenvalue weighted by atomic mass is 10.1. The number of rotatable bonds is 6. The molecule has 0 radical (unpaired) electrons. The van der Waals surface area contributed by atoms with Crippen LogP contribution < -0.4 is 11.1 Å². The Kier molecular flexibility index (Phi) is 4.77. The lowest BCUT2D eigenvalue weighted by Gasteiger charge is -2.12. The van der Waals surface area contributed by atoms with Gasteiger partial charge in [-0.25, -0.2) is 0 Å². The van der Waals surface area contributed by atoms with Crippen LogP contribution in [0.3, 0.4) is 0 Å². The van der Waals surface area contributed by atoms with Crippen molar-refractivity contribution in [3.05, 3.63) is 23.7 Å². The van der Waals surface area contributed by atoms with Gasteiger partial charge in [0.05, 0.1) is 5.69 Å². The lowest BCUT2D eigenvalue weighted by molar-refractivity contribution is -0.121. The Morgan fingerprint density at radius 1 is 1.36 bits per heavy atom. The van der Waals surface area contributed by atoms with E-state index in [1.165, 1.54) is 6.92 Å². The van der Waals surface area contributed by atoms with Gasteiger partial charge in [-0.1, -0.05) is 5.16 Å². The average Bonchev–Trinajstić information content (AvgIpc) is 2.93. The minimum absolute atomic E-state index is 0.0903. The van der Waals surface area contributed by atoms with E-state index in [2.05, 4.69) is 25.7 Å². The van der Waals surface area contributed by atoms with Crippen LogP contribution in [0.15, 0.2) is 16.7 Å². The summed E-state index contributed by atoms with van der Waals surface area (Å²) >= 11 is 0. The van der Waals surface area contributed by atoms with Gasteiger partial charge in [-0.2, -0.15) is 10.1 Å². The van der Waals surface area contributed by atoms with Crippen LogP contribution in [-0.4, -0.2) is 32.2 Å². The third kappa shape index (κ3) is 4.08. The highest BCUT2D eigenvalue weighted by molar-refractivity contribution is 5.75. The van der Waals surface area contributed by atoms with Crippen LogP contribution in [0.2, 0.25) is 0 Å². The zero-order valence-corrected chi connectivity index (χ0v) is 12.2. The first kappa shape index (κ1) is 15.5. The maximum absolute atomic E-state index is 11.2. The molecule has 2 aromatic rings. The van der Waals surface area contributed by atoms with E-state index in [4.69, 9.17) is 10.3 Å². The number of amides is 2. The second-order valence-electron chi connectivity index (χ2n) is 4.77. The molecule has 0 aliphatic heterocycles. The van der Waals surface area contributed by atoms with E-state index in [1.54, 1.807) is 12.1 Å². The molecule has 2 amide bonds. The van der Waals surface area contributed by atoms with Crippen LogP contribution in [0.25, 0.3) is 11.5 Å². The monoisotopic (exact) mass is 304 g/mol. The van der Waals surface area contributed by atoms with Crippen LogP contribution in [-0.2, 0) is 9.59 Å². The second kappa shape index (κ2) is 6.74. The van der Waals surface area contributed by atoms with Crippen LogP contribution in [0.5, 0.6) is 0 Å². The van der Waals surface area contributed by atoms with E-state index in [0.717, 1.165) is 5.69 Å². The molecule has 9 heteroatoms. The van der Waals surface area contributed by atoms with E-state index in [1.807, 2.05) is 6.92 Å². The van der Waals surface area contributed by atoms with Crippen molar-refractivity contribution in [2.75, 3.05) is 0 Å². The molecule has 0 aliphatic rings. The van der Waals surface area contributed by atoms with Crippen molar-refractivity contribution in [3.8, 4) is 11.5 Å². The largest absolute Gasteiger partial charge is 0.370 e. The minimum atomic E-state index is -0.579. The molecule has 1 atom stereocenters. The van der Waals surface area contributed by atoms with Gasteiger partial charge in [0.1, 0.15) is 11.7 Å². The highest BCUT2D eigenvalue weighted by Crippen LogP contribution is 2.20. The fourth-order valence-corrected chi connectivity index (χ4v) is 1.79. The molecular weight excluding hydrogens is 288 g/mol. The van der Waals surface area contributed by atoms with E-state index in [0.29, 0.717) is 5.69 Å². The summed E-state index contributed by atoms with van der Waals surface area (Å²) in [6, 6.07) is 2.91. The Morgan fingerprint density at radius 3 is 2.73 bits per heavy atom. The first-order chi connectivity index (χ1) is 10.5. The van der Waals surface area contributed by atoms with Gasteiger partial charge in [0, 0.05) is 13.3 Å². The van der Waals surface area contributed by atoms with Crippen molar-refractivity contribution >= 4 is 11.8 Å². The molecule has 0 fully saturated rings. The van der Waals surface area contributed by atoms with Gasteiger partial charge in [0.25, 0.3) is 0 Å². The Balaban J connectivity index is 2.19. The maximum atomic E-state index is 11.2. The summed E-state index contributed by atoms with van der Waals surface area (Å²) in [6.45, 7) is 3.18. The summed E-state index contributed by atoms with van der Waals surface area (Å²) in [4.78, 5) is 26.3. The molecule has 0 saturated carbocycles. The lowest BCUT2D eigenvalue weighted by Crippen LogP contribution is -2.27. The molecule has 0 aliphatic carbocycles. The highest BCUT2D eigenvalue weighted by Gasteiger charge is 2.21. The van der Waals surface area contributed by atoms with E-state index < -0.39 is 11.9 Å². The van der Waals surface area contributed by atoms with Crippen molar-refractivity contribution in [3.63, 3.8) is 0 Å². The molecule has 2 aromatic heterocycles. The molecule has 22 heavy (non-hydrogen) atoms. The van der Waals surface area contributed by atoms with Crippen molar-refractivity contribution in [2.45, 2.75) is 32.7 Å². The van der Waals surface area contributed by atoms with Gasteiger partial charge in [0.2, 0.25) is 23.5 Å². The van der Waals surface area contributed by atoms with E-state index in [-0.39, 0.29) is 30.5 Å². The third-order valence-corrected chi connectivity index (χ3v) is 2.82. The SMILES string of the molecule is CC(=O)N[C@@H](CCC(N)=O)c1nc(-c2ccc(C)nn2)no1. The molecule has 2 heterocycles. The number of nitrogens with zero attached hydrogens (tertiary/aromatic N) is 4. The number of carbonyl (C=O) groups is 2. The number of aromatic nitrogens is 4. The number of nitrogens with two attached hydrogens (primary N) is 1. The summed E-state index contributed by atoms with van der Waals surface area (Å²) in [7, 11) is 0. The summed E-state index contributed by atoms with van der Waals surface area (Å²) in [5.74, 6) is -0.297. The zero-order chi connectivity index (χ0) is 16.1.